The summed E-state index contributed by atoms with van der Waals surface area (Å²) in [5, 5.41) is 0. The van der Waals surface area contributed by atoms with Gasteiger partial charge in [-0.1, -0.05) is 50.7 Å². The van der Waals surface area contributed by atoms with Gasteiger partial charge in [-0.25, -0.2) is 0 Å². The largest absolute Gasteiger partial charge is 0.469 e. The minimum atomic E-state index is -4.33. The molecule has 1 saturated heterocycles. The zero-order valence-electron chi connectivity index (χ0n) is 19.9. The zero-order valence-corrected chi connectivity index (χ0v) is 20.9. The van der Waals surface area contributed by atoms with Crippen molar-refractivity contribution in [1.82, 2.24) is 4.90 Å². The number of nitrogens with zero attached hydrogens (tertiary/aromatic N) is 1. The molecule has 1 heterocycles. The number of hydrogen-bond acceptors (Lipinski definition) is 3. The minimum Gasteiger partial charge on any atom is -0.469 e. The van der Waals surface area contributed by atoms with Crippen LogP contribution in [0, 0.1) is 11.8 Å². The maximum atomic E-state index is 13.1. The Morgan fingerprint density at radius 3 is 2.38 bits per heavy atom. The number of piperidine rings is 1. The summed E-state index contributed by atoms with van der Waals surface area (Å²) in [5.41, 5.74) is 0.328. The Balaban J connectivity index is 1.89. The van der Waals surface area contributed by atoms with Crippen molar-refractivity contribution in [2.24, 2.45) is 11.8 Å². The van der Waals surface area contributed by atoms with Gasteiger partial charge < -0.3 is 4.74 Å². The molecule has 1 aliphatic carbocycles. The maximum absolute atomic E-state index is 13.1. The number of hydrogen-bond donors (Lipinski definition) is 0. The molecule has 1 aliphatic heterocycles. The molecule has 0 N–H and O–H groups in total. The number of halogens is 3. The molecule has 1 saturated carbocycles. The molecule has 0 amide bonds. The van der Waals surface area contributed by atoms with Crippen molar-refractivity contribution in [2.45, 2.75) is 88.9 Å². The summed E-state index contributed by atoms with van der Waals surface area (Å²) in [5.74, 6) is 0.492. The number of alkyl halides is 3. The first-order valence-corrected chi connectivity index (χ1v) is 15.7. The van der Waals surface area contributed by atoms with Crippen LogP contribution in [0.4, 0.5) is 13.2 Å². The molecular weight excluding hydrogens is 431 g/mol. The van der Waals surface area contributed by atoms with Gasteiger partial charge in [0.2, 0.25) is 0 Å². The molecule has 3 rings (SSSR count). The van der Waals surface area contributed by atoms with Crippen LogP contribution in [0.3, 0.4) is 0 Å². The molecule has 0 bridgehead atoms. The molecule has 1 aromatic carbocycles. The van der Waals surface area contributed by atoms with Crippen LogP contribution in [0.1, 0.15) is 62.1 Å². The summed E-state index contributed by atoms with van der Waals surface area (Å²) in [6.07, 6.45) is 2.58. The molecule has 180 valence electrons. The molecule has 2 aliphatic rings. The zero-order chi connectivity index (χ0) is 23.5. The summed E-state index contributed by atoms with van der Waals surface area (Å²) < 4.78 is 44.4. The standard InChI is InChI=1S/C25H38F3NO2Si/c1-31-24(30)17-19-16-23(18-10-12-20(13-11-18)25(26,27)28)29(14-7-15-32(2,3)4)22-9-6-5-8-21(19)22/h10-13,19,21-23H,5-9,14-17H2,1-4H3/t19-,21+,22+,23+/m1/s1. The molecule has 7 heteroatoms. The predicted molar refractivity (Wildman–Crippen MR) is 124 cm³/mol. The van der Waals surface area contributed by atoms with E-state index in [-0.39, 0.29) is 17.9 Å². The van der Waals surface area contributed by atoms with Gasteiger partial charge in [0.15, 0.2) is 0 Å². The highest BCUT2D eigenvalue weighted by Gasteiger charge is 2.45. The van der Waals surface area contributed by atoms with E-state index in [1.807, 2.05) is 0 Å². The van der Waals surface area contributed by atoms with E-state index in [2.05, 4.69) is 24.5 Å². The lowest BCUT2D eigenvalue weighted by Crippen LogP contribution is -2.52. The van der Waals surface area contributed by atoms with E-state index in [1.165, 1.54) is 38.1 Å². The molecule has 0 unspecified atom stereocenters. The second kappa shape index (κ2) is 10.3. The van der Waals surface area contributed by atoms with Crippen LogP contribution in [0.15, 0.2) is 24.3 Å². The van der Waals surface area contributed by atoms with Gasteiger partial charge in [-0.15, -0.1) is 0 Å². The first kappa shape index (κ1) is 25.3. The van der Waals surface area contributed by atoms with Crippen molar-refractivity contribution in [2.75, 3.05) is 13.7 Å². The Labute approximate surface area is 191 Å². The Morgan fingerprint density at radius 1 is 1.12 bits per heavy atom. The Kier molecular flexibility index (Phi) is 8.13. The summed E-state index contributed by atoms with van der Waals surface area (Å²) in [6, 6.07) is 7.39. The maximum Gasteiger partial charge on any atom is 0.416 e. The van der Waals surface area contributed by atoms with Crippen LogP contribution in [0.2, 0.25) is 25.7 Å². The number of carbonyl (C=O) groups excluding carboxylic acids is 1. The minimum absolute atomic E-state index is 0.0490. The monoisotopic (exact) mass is 469 g/mol. The second-order valence-electron chi connectivity index (χ2n) is 10.8. The van der Waals surface area contributed by atoms with Gasteiger partial charge in [0.25, 0.3) is 0 Å². The van der Waals surface area contributed by atoms with Gasteiger partial charge in [-0.3, -0.25) is 9.69 Å². The normalized spacial score (nSPS) is 27.1. The molecular formula is C25H38F3NO2Si. The van der Waals surface area contributed by atoms with E-state index in [1.54, 1.807) is 12.1 Å². The van der Waals surface area contributed by atoms with Crippen molar-refractivity contribution >= 4 is 14.0 Å². The van der Waals surface area contributed by atoms with E-state index < -0.39 is 19.8 Å². The Morgan fingerprint density at radius 2 is 1.78 bits per heavy atom. The summed E-state index contributed by atoms with van der Waals surface area (Å²) >= 11 is 0. The van der Waals surface area contributed by atoms with Gasteiger partial charge >= 0.3 is 12.1 Å². The molecule has 4 atom stereocenters. The fraction of sp³-hybridized carbons (Fsp3) is 0.720. The fourth-order valence-electron chi connectivity index (χ4n) is 5.80. The summed E-state index contributed by atoms with van der Waals surface area (Å²) in [7, 11) is 0.262. The van der Waals surface area contributed by atoms with Gasteiger partial charge in [-0.05, 0) is 61.8 Å². The van der Waals surface area contributed by atoms with Crippen LogP contribution in [0.5, 0.6) is 0 Å². The molecule has 0 spiro atoms. The van der Waals surface area contributed by atoms with E-state index in [4.69, 9.17) is 4.74 Å². The first-order valence-electron chi connectivity index (χ1n) is 12.0. The van der Waals surface area contributed by atoms with Crippen LogP contribution < -0.4 is 0 Å². The van der Waals surface area contributed by atoms with Gasteiger partial charge in [0.05, 0.1) is 12.7 Å². The van der Waals surface area contributed by atoms with Crippen molar-refractivity contribution in [3.8, 4) is 0 Å². The van der Waals surface area contributed by atoms with E-state index in [9.17, 15) is 18.0 Å². The number of ether oxygens (including phenoxy) is 1. The number of fused-ring (bicyclic) bond motifs is 1. The smallest absolute Gasteiger partial charge is 0.416 e. The molecule has 2 fully saturated rings. The SMILES string of the molecule is COC(=O)C[C@H]1C[C@@H](c2ccc(C(F)(F)F)cc2)N(CCC[Si](C)(C)C)[C@H]2CCCC[C@@H]12. The topological polar surface area (TPSA) is 29.5 Å². The molecule has 0 radical (unpaired) electrons. The van der Waals surface area contributed by atoms with Crippen molar-refractivity contribution in [3.63, 3.8) is 0 Å². The van der Waals surface area contributed by atoms with Gasteiger partial charge in [0, 0.05) is 26.6 Å². The van der Waals surface area contributed by atoms with Gasteiger partial charge in [-0.2, -0.15) is 13.2 Å². The second-order valence-corrected chi connectivity index (χ2v) is 16.5. The lowest BCUT2D eigenvalue weighted by molar-refractivity contribution is -0.144. The van der Waals surface area contributed by atoms with E-state index in [0.717, 1.165) is 37.8 Å². The number of rotatable bonds is 7. The summed E-state index contributed by atoms with van der Waals surface area (Å²) in [6.45, 7) is 8.12. The third kappa shape index (κ3) is 6.37. The molecule has 32 heavy (non-hydrogen) atoms. The molecule has 3 nitrogen and oxygen atoms in total. The van der Waals surface area contributed by atoms with Gasteiger partial charge in [0.1, 0.15) is 0 Å². The average molecular weight is 470 g/mol. The van der Waals surface area contributed by atoms with Crippen LogP contribution in [-0.4, -0.2) is 38.6 Å². The highest BCUT2D eigenvalue weighted by Crippen LogP contribution is 2.48. The molecule has 1 aromatic rings. The van der Waals surface area contributed by atoms with Crippen molar-refractivity contribution < 1.29 is 22.7 Å². The number of carbonyl (C=O) groups is 1. The predicted octanol–water partition coefficient (Wildman–Crippen LogP) is 6.92. The van der Waals surface area contributed by atoms with Crippen molar-refractivity contribution in [3.05, 3.63) is 35.4 Å². The fourth-order valence-corrected chi connectivity index (χ4v) is 7.02. The number of esters is 1. The third-order valence-corrected chi connectivity index (χ3v) is 9.22. The number of methoxy groups -OCH3 is 1. The highest BCUT2D eigenvalue weighted by molar-refractivity contribution is 6.76. The third-order valence-electron chi connectivity index (χ3n) is 7.36. The Bertz CT molecular complexity index is 760. The quantitative estimate of drug-likeness (QED) is 0.321. The van der Waals surface area contributed by atoms with Crippen LogP contribution >= 0.6 is 0 Å². The number of benzene rings is 1. The van der Waals surface area contributed by atoms with E-state index in [0.29, 0.717) is 18.4 Å². The lowest BCUT2D eigenvalue weighted by atomic mass is 9.68. The number of likely N-dealkylation sites (tertiary alicyclic amines) is 1. The first-order chi connectivity index (χ1) is 15.0. The summed E-state index contributed by atoms with van der Waals surface area (Å²) in [4.78, 5) is 14.7. The Hall–Kier alpha value is -1.34. The highest BCUT2D eigenvalue weighted by atomic mass is 28.3. The lowest BCUT2D eigenvalue weighted by Gasteiger charge is -2.52. The van der Waals surface area contributed by atoms with Crippen molar-refractivity contribution in [1.29, 1.82) is 0 Å². The average Bonchev–Trinajstić information content (AvgIpc) is 2.73. The van der Waals surface area contributed by atoms with Crippen LogP contribution in [-0.2, 0) is 15.7 Å². The van der Waals surface area contributed by atoms with Crippen LogP contribution in [0.25, 0.3) is 0 Å². The molecule has 0 aromatic heterocycles. The van der Waals surface area contributed by atoms with E-state index >= 15 is 0 Å².